The smallest absolute Gasteiger partial charge is 0.227 e. The summed E-state index contributed by atoms with van der Waals surface area (Å²) in [6.07, 6.45) is 6.41. The Morgan fingerprint density at radius 3 is 3.11 bits per heavy atom. The zero-order valence-electron chi connectivity index (χ0n) is 11.6. The van der Waals surface area contributed by atoms with Crippen molar-refractivity contribution in [1.29, 1.82) is 0 Å². The van der Waals surface area contributed by atoms with Crippen molar-refractivity contribution in [1.82, 2.24) is 15.2 Å². The van der Waals surface area contributed by atoms with E-state index in [2.05, 4.69) is 17.2 Å². The molecule has 1 saturated heterocycles. The third kappa shape index (κ3) is 4.31. The number of rotatable bonds is 5. The fourth-order valence-electron chi connectivity index (χ4n) is 2.59. The summed E-state index contributed by atoms with van der Waals surface area (Å²) in [6, 6.07) is 3.84. The number of pyridine rings is 1. The summed E-state index contributed by atoms with van der Waals surface area (Å²) >= 11 is 0. The molecule has 1 aromatic heterocycles. The highest BCUT2D eigenvalue weighted by atomic mass is 16.2. The maximum absolute atomic E-state index is 12.3. The van der Waals surface area contributed by atoms with Crippen LogP contribution >= 0.6 is 0 Å². The van der Waals surface area contributed by atoms with E-state index < -0.39 is 0 Å². The van der Waals surface area contributed by atoms with Gasteiger partial charge in [-0.1, -0.05) is 6.07 Å². The number of aromatic nitrogens is 1. The van der Waals surface area contributed by atoms with Gasteiger partial charge >= 0.3 is 0 Å². The minimum absolute atomic E-state index is 0.209. The van der Waals surface area contributed by atoms with Crippen LogP contribution in [0, 0.1) is 5.92 Å². The van der Waals surface area contributed by atoms with Crippen LogP contribution < -0.4 is 5.32 Å². The van der Waals surface area contributed by atoms with Gasteiger partial charge in [0.25, 0.3) is 0 Å². The van der Waals surface area contributed by atoms with E-state index in [1.807, 2.05) is 17.0 Å². The highest BCUT2D eigenvalue weighted by molar-refractivity contribution is 5.78. The molecule has 0 spiro atoms. The van der Waals surface area contributed by atoms with Gasteiger partial charge in [-0.3, -0.25) is 9.78 Å². The molecule has 19 heavy (non-hydrogen) atoms. The molecular weight excluding hydrogens is 238 g/mol. The molecule has 1 unspecified atom stereocenters. The number of nitrogens with one attached hydrogen (secondary N) is 1. The van der Waals surface area contributed by atoms with Crippen LogP contribution in [0.5, 0.6) is 0 Å². The van der Waals surface area contributed by atoms with Crippen LogP contribution in [0.4, 0.5) is 0 Å². The zero-order chi connectivity index (χ0) is 13.5. The van der Waals surface area contributed by atoms with Crippen LogP contribution in [0.15, 0.2) is 24.5 Å². The van der Waals surface area contributed by atoms with Crippen LogP contribution in [0.2, 0.25) is 0 Å². The van der Waals surface area contributed by atoms with Crippen LogP contribution in [0.1, 0.15) is 25.3 Å². The molecule has 104 valence electrons. The van der Waals surface area contributed by atoms with Crippen molar-refractivity contribution in [2.45, 2.75) is 26.2 Å². The topological polar surface area (TPSA) is 45.2 Å². The maximum Gasteiger partial charge on any atom is 0.227 e. The van der Waals surface area contributed by atoms with Crippen molar-refractivity contribution >= 4 is 5.91 Å². The van der Waals surface area contributed by atoms with Crippen molar-refractivity contribution < 1.29 is 4.79 Å². The zero-order valence-corrected chi connectivity index (χ0v) is 11.6. The quantitative estimate of drug-likeness (QED) is 0.873. The molecular formula is C15H23N3O. The lowest BCUT2D eigenvalue weighted by molar-refractivity contribution is -0.131. The Morgan fingerprint density at radius 2 is 2.47 bits per heavy atom. The van der Waals surface area contributed by atoms with E-state index in [-0.39, 0.29) is 5.91 Å². The van der Waals surface area contributed by atoms with Crippen LogP contribution in [0.3, 0.4) is 0 Å². The van der Waals surface area contributed by atoms with Crippen LogP contribution in [0.25, 0.3) is 0 Å². The Hall–Kier alpha value is -1.42. The molecule has 4 heteroatoms. The lowest BCUT2D eigenvalue weighted by Gasteiger charge is -2.29. The Balaban J connectivity index is 1.87. The Morgan fingerprint density at radius 1 is 1.58 bits per heavy atom. The maximum atomic E-state index is 12.3. The average Bonchev–Trinajstić information content (AvgIpc) is 2.47. The molecule has 1 N–H and O–H groups in total. The molecule has 1 aromatic rings. The fourth-order valence-corrected chi connectivity index (χ4v) is 2.59. The fraction of sp³-hybridized carbons (Fsp3) is 0.600. The number of nitrogens with zero attached hydrogens (tertiary/aromatic N) is 2. The summed E-state index contributed by atoms with van der Waals surface area (Å²) in [4.78, 5) is 18.3. The SMILES string of the molecule is CCN(CC1CCCNC1)C(=O)Cc1cccnc1. The Labute approximate surface area is 115 Å². The van der Waals surface area contributed by atoms with Gasteiger partial charge < -0.3 is 10.2 Å². The second-order valence-corrected chi connectivity index (χ2v) is 5.18. The number of amides is 1. The number of carbonyl (C=O) groups excluding carboxylic acids is 1. The summed E-state index contributed by atoms with van der Waals surface area (Å²) < 4.78 is 0. The highest BCUT2D eigenvalue weighted by Gasteiger charge is 2.19. The third-order valence-corrected chi connectivity index (χ3v) is 3.69. The van der Waals surface area contributed by atoms with E-state index in [1.54, 1.807) is 12.4 Å². The van der Waals surface area contributed by atoms with E-state index >= 15 is 0 Å². The molecule has 0 radical (unpaired) electrons. The summed E-state index contributed by atoms with van der Waals surface area (Å²) in [5, 5.41) is 3.40. The molecule has 0 aliphatic carbocycles. The van der Waals surface area contributed by atoms with Gasteiger partial charge in [-0.05, 0) is 50.4 Å². The average molecular weight is 261 g/mol. The summed E-state index contributed by atoms with van der Waals surface area (Å²) in [5.41, 5.74) is 0.993. The number of hydrogen-bond acceptors (Lipinski definition) is 3. The second-order valence-electron chi connectivity index (χ2n) is 5.18. The minimum atomic E-state index is 0.209. The monoisotopic (exact) mass is 261 g/mol. The Bertz CT molecular complexity index is 388. The molecule has 4 nitrogen and oxygen atoms in total. The first-order valence-electron chi connectivity index (χ1n) is 7.17. The number of piperidine rings is 1. The number of hydrogen-bond donors (Lipinski definition) is 1. The van der Waals surface area contributed by atoms with Crippen molar-refractivity contribution in [2.24, 2.45) is 5.92 Å². The van der Waals surface area contributed by atoms with Gasteiger partial charge in [0.1, 0.15) is 0 Å². The number of likely N-dealkylation sites (N-methyl/N-ethyl adjacent to an activating group) is 1. The predicted molar refractivity (Wildman–Crippen MR) is 75.8 cm³/mol. The molecule has 1 atom stereocenters. The standard InChI is InChI=1S/C15H23N3O/c1-2-18(12-14-6-4-8-17-11-14)15(19)9-13-5-3-7-16-10-13/h3,5,7,10,14,17H,2,4,6,8-9,11-12H2,1H3. The molecule has 0 aromatic carbocycles. The minimum Gasteiger partial charge on any atom is -0.342 e. The molecule has 1 amide bonds. The largest absolute Gasteiger partial charge is 0.342 e. The van der Waals surface area contributed by atoms with Gasteiger partial charge in [0.2, 0.25) is 5.91 Å². The first kappa shape index (κ1) is 14.0. The van der Waals surface area contributed by atoms with E-state index in [0.29, 0.717) is 12.3 Å². The van der Waals surface area contributed by atoms with Gasteiger partial charge in [0.15, 0.2) is 0 Å². The van der Waals surface area contributed by atoms with Crippen molar-refractivity contribution in [3.05, 3.63) is 30.1 Å². The lowest BCUT2D eigenvalue weighted by Crippen LogP contribution is -2.41. The molecule has 1 fully saturated rings. The predicted octanol–water partition coefficient (Wildman–Crippen LogP) is 1.47. The highest BCUT2D eigenvalue weighted by Crippen LogP contribution is 2.12. The molecule has 2 heterocycles. The van der Waals surface area contributed by atoms with E-state index in [0.717, 1.165) is 31.7 Å². The third-order valence-electron chi connectivity index (χ3n) is 3.69. The van der Waals surface area contributed by atoms with Crippen molar-refractivity contribution in [3.8, 4) is 0 Å². The first-order valence-corrected chi connectivity index (χ1v) is 7.17. The molecule has 0 bridgehead atoms. The Kier molecular flexibility index (Phi) is 5.33. The van der Waals surface area contributed by atoms with E-state index in [9.17, 15) is 4.79 Å². The molecule has 2 rings (SSSR count). The number of carbonyl (C=O) groups is 1. The van der Waals surface area contributed by atoms with Gasteiger partial charge in [-0.15, -0.1) is 0 Å². The van der Waals surface area contributed by atoms with Gasteiger partial charge in [0, 0.05) is 25.5 Å². The second kappa shape index (κ2) is 7.24. The summed E-state index contributed by atoms with van der Waals surface area (Å²) in [7, 11) is 0. The van der Waals surface area contributed by atoms with Gasteiger partial charge in [-0.25, -0.2) is 0 Å². The first-order chi connectivity index (χ1) is 9.29. The van der Waals surface area contributed by atoms with E-state index in [1.165, 1.54) is 12.8 Å². The molecule has 0 saturated carbocycles. The van der Waals surface area contributed by atoms with Crippen molar-refractivity contribution in [3.63, 3.8) is 0 Å². The lowest BCUT2D eigenvalue weighted by atomic mass is 9.99. The molecule has 1 aliphatic heterocycles. The van der Waals surface area contributed by atoms with Crippen LogP contribution in [-0.4, -0.2) is 42.0 Å². The van der Waals surface area contributed by atoms with Gasteiger partial charge in [0.05, 0.1) is 6.42 Å². The summed E-state index contributed by atoms with van der Waals surface area (Å²) in [5.74, 6) is 0.813. The van der Waals surface area contributed by atoms with Crippen molar-refractivity contribution in [2.75, 3.05) is 26.2 Å². The van der Waals surface area contributed by atoms with E-state index in [4.69, 9.17) is 0 Å². The summed E-state index contributed by atoms with van der Waals surface area (Å²) in [6.45, 7) is 5.87. The molecule has 1 aliphatic rings. The van der Waals surface area contributed by atoms with Gasteiger partial charge in [-0.2, -0.15) is 0 Å². The van der Waals surface area contributed by atoms with Crippen LogP contribution in [-0.2, 0) is 11.2 Å². The normalized spacial score (nSPS) is 19.1.